The second kappa shape index (κ2) is 11.1. The molecule has 11 heteroatoms. The van der Waals surface area contributed by atoms with Gasteiger partial charge in [-0.3, -0.25) is 19.2 Å². The molecule has 9 nitrogen and oxygen atoms in total. The van der Waals surface area contributed by atoms with Crippen molar-refractivity contribution in [2.45, 2.75) is 19.8 Å². The van der Waals surface area contributed by atoms with E-state index < -0.39 is 47.9 Å². The highest BCUT2D eigenvalue weighted by molar-refractivity contribution is 6.42. The van der Waals surface area contributed by atoms with E-state index >= 15 is 0 Å². The van der Waals surface area contributed by atoms with Gasteiger partial charge in [0.25, 0.3) is 17.7 Å². The van der Waals surface area contributed by atoms with Crippen LogP contribution in [0.5, 0.6) is 5.75 Å². The van der Waals surface area contributed by atoms with Crippen LogP contribution in [0.3, 0.4) is 0 Å². The van der Waals surface area contributed by atoms with E-state index in [1.807, 2.05) is 13.0 Å². The van der Waals surface area contributed by atoms with Crippen molar-refractivity contribution >= 4 is 52.7 Å². The van der Waals surface area contributed by atoms with Gasteiger partial charge < -0.3 is 9.15 Å². The molecule has 3 aromatic rings. The van der Waals surface area contributed by atoms with Crippen LogP contribution in [-0.4, -0.2) is 46.0 Å². The van der Waals surface area contributed by atoms with Gasteiger partial charge in [-0.05, 0) is 74.4 Å². The number of furan rings is 1. The second-order valence-electron chi connectivity index (χ2n) is 9.50. The fraction of sp³-hybridized carbons (Fsp3) is 0.207. The Labute approximate surface area is 238 Å². The van der Waals surface area contributed by atoms with Crippen molar-refractivity contribution < 1.29 is 33.1 Å². The molecule has 1 aromatic heterocycles. The summed E-state index contributed by atoms with van der Waals surface area (Å²) in [6.07, 6.45) is 4.02. The molecule has 1 aliphatic carbocycles. The summed E-state index contributed by atoms with van der Waals surface area (Å²) >= 11 is 12.1. The van der Waals surface area contributed by atoms with Gasteiger partial charge in [-0.1, -0.05) is 34.9 Å². The van der Waals surface area contributed by atoms with Gasteiger partial charge in [0.15, 0.2) is 5.78 Å². The molecule has 3 amide bonds. The zero-order valence-corrected chi connectivity index (χ0v) is 22.6. The summed E-state index contributed by atoms with van der Waals surface area (Å²) in [4.78, 5) is 65.9. The molecule has 0 bridgehead atoms. The van der Waals surface area contributed by atoms with Crippen molar-refractivity contribution in [1.82, 2.24) is 10.0 Å². The first-order valence-electron chi connectivity index (χ1n) is 12.3. The van der Waals surface area contributed by atoms with E-state index in [9.17, 15) is 24.0 Å². The molecule has 0 saturated carbocycles. The smallest absolute Gasteiger partial charge is 0.379 e. The number of carbonyl (C=O) groups excluding carboxylic acids is 5. The number of ether oxygens (including phenoxy) is 1. The number of benzene rings is 2. The summed E-state index contributed by atoms with van der Waals surface area (Å²) in [5.74, 6) is -4.15. The third-order valence-electron chi connectivity index (χ3n) is 6.84. The third kappa shape index (κ3) is 5.30. The van der Waals surface area contributed by atoms with E-state index in [1.165, 1.54) is 54.8 Å². The van der Waals surface area contributed by atoms with E-state index in [0.29, 0.717) is 12.8 Å². The van der Waals surface area contributed by atoms with Gasteiger partial charge in [0.1, 0.15) is 12.3 Å². The standard InChI is InChI=1S/C29H22Cl2N2O7/c1-16-4-10-20-21(13-16)28(37)33(27(20)36)32(26(35)18-7-11-22(30)23(31)14-18)15-24(34)17-5-8-19(9-6-17)40-29(38)25-3-2-12-39-25/h2-9,11-12,14,20-21H,10,13,15H2,1H3/t20-,21+/m1/s1. The number of amides is 3. The fourth-order valence-electron chi connectivity index (χ4n) is 4.76. The monoisotopic (exact) mass is 580 g/mol. The molecule has 2 heterocycles. The van der Waals surface area contributed by atoms with Gasteiger partial charge in [-0.15, -0.1) is 0 Å². The highest BCUT2D eigenvalue weighted by Gasteiger charge is 2.51. The van der Waals surface area contributed by atoms with Crippen LogP contribution in [0.2, 0.25) is 10.0 Å². The first-order valence-corrected chi connectivity index (χ1v) is 13.1. The number of hydrazine groups is 1. The minimum atomic E-state index is -0.763. The number of allylic oxidation sites excluding steroid dienone is 2. The summed E-state index contributed by atoms with van der Waals surface area (Å²) < 4.78 is 10.2. The van der Waals surface area contributed by atoms with E-state index in [1.54, 1.807) is 6.07 Å². The van der Waals surface area contributed by atoms with Gasteiger partial charge in [0, 0.05) is 11.1 Å². The van der Waals surface area contributed by atoms with Crippen molar-refractivity contribution in [2.75, 3.05) is 6.54 Å². The lowest BCUT2D eigenvalue weighted by atomic mass is 9.82. The molecule has 0 unspecified atom stereocenters. The van der Waals surface area contributed by atoms with E-state index in [-0.39, 0.29) is 32.7 Å². The number of hydrogen-bond acceptors (Lipinski definition) is 7. The quantitative estimate of drug-likeness (QED) is 0.121. The Balaban J connectivity index is 1.40. The van der Waals surface area contributed by atoms with Crippen LogP contribution in [-0.2, 0) is 9.59 Å². The number of halogens is 2. The first kappa shape index (κ1) is 27.4. The Morgan fingerprint density at radius 2 is 1.68 bits per heavy atom. The number of rotatable bonds is 7. The number of imide groups is 1. The molecular weight excluding hydrogens is 559 g/mol. The molecule has 2 atom stereocenters. The largest absolute Gasteiger partial charge is 0.457 e. The first-order chi connectivity index (χ1) is 19.1. The van der Waals surface area contributed by atoms with Gasteiger partial charge in [-0.25, -0.2) is 9.80 Å². The molecule has 2 aromatic carbocycles. The maximum Gasteiger partial charge on any atom is 0.379 e. The van der Waals surface area contributed by atoms with E-state index in [4.69, 9.17) is 32.4 Å². The van der Waals surface area contributed by atoms with Crippen LogP contribution >= 0.6 is 23.2 Å². The lowest BCUT2D eigenvalue weighted by Gasteiger charge is -2.30. The highest BCUT2D eigenvalue weighted by atomic mass is 35.5. The average Bonchev–Trinajstić information content (AvgIpc) is 3.56. The number of Topliss-reactive ketones (excluding diaryl/α,β-unsaturated/α-hetero) is 1. The number of esters is 1. The molecule has 40 heavy (non-hydrogen) atoms. The summed E-state index contributed by atoms with van der Waals surface area (Å²) in [5.41, 5.74) is 1.20. The highest BCUT2D eigenvalue weighted by Crippen LogP contribution is 2.39. The number of hydrogen-bond donors (Lipinski definition) is 0. The molecule has 1 saturated heterocycles. The topological polar surface area (TPSA) is 114 Å². The van der Waals surface area contributed by atoms with Crippen LogP contribution in [0.4, 0.5) is 0 Å². The van der Waals surface area contributed by atoms with Crippen LogP contribution in [0.15, 0.2) is 76.9 Å². The Morgan fingerprint density at radius 1 is 0.975 bits per heavy atom. The molecule has 204 valence electrons. The molecule has 0 N–H and O–H groups in total. The Hall–Kier alpha value is -4.21. The molecule has 0 spiro atoms. The SMILES string of the molecule is CC1=CC[C@H]2C(=O)N(N(CC(=O)c3ccc(OC(=O)c4ccco4)cc3)C(=O)c3ccc(Cl)c(Cl)c3)C(=O)[C@H]2C1. The van der Waals surface area contributed by atoms with Gasteiger partial charge in [-0.2, -0.15) is 5.01 Å². The fourth-order valence-corrected chi connectivity index (χ4v) is 5.06. The predicted molar refractivity (Wildman–Crippen MR) is 144 cm³/mol. The number of fused-ring (bicyclic) bond motifs is 1. The normalized spacial score (nSPS) is 18.3. The zero-order valence-electron chi connectivity index (χ0n) is 21.1. The van der Waals surface area contributed by atoms with Crippen LogP contribution in [0.25, 0.3) is 0 Å². The van der Waals surface area contributed by atoms with Crippen molar-refractivity contribution in [3.63, 3.8) is 0 Å². The van der Waals surface area contributed by atoms with Crippen molar-refractivity contribution in [3.8, 4) is 5.75 Å². The summed E-state index contributed by atoms with van der Waals surface area (Å²) in [5, 5.41) is 1.98. The number of ketones is 1. The van der Waals surface area contributed by atoms with Crippen molar-refractivity contribution in [1.29, 1.82) is 0 Å². The maximum absolute atomic E-state index is 13.7. The lowest BCUT2D eigenvalue weighted by Crippen LogP contribution is -2.52. The van der Waals surface area contributed by atoms with E-state index in [2.05, 4.69) is 0 Å². The summed E-state index contributed by atoms with van der Waals surface area (Å²) in [6, 6.07) is 12.8. The summed E-state index contributed by atoms with van der Waals surface area (Å²) in [6.45, 7) is 1.28. The molecular formula is C29H22Cl2N2O7. The lowest BCUT2D eigenvalue weighted by molar-refractivity contribution is -0.154. The molecule has 5 rings (SSSR count). The average molecular weight is 581 g/mol. The molecule has 1 aliphatic heterocycles. The van der Waals surface area contributed by atoms with Crippen LogP contribution in [0, 0.1) is 11.8 Å². The second-order valence-corrected chi connectivity index (χ2v) is 10.3. The number of carbonyl (C=O) groups is 5. The minimum absolute atomic E-state index is 0.0162. The van der Waals surface area contributed by atoms with Crippen molar-refractivity contribution in [2.24, 2.45) is 11.8 Å². The molecule has 0 radical (unpaired) electrons. The van der Waals surface area contributed by atoms with E-state index in [0.717, 1.165) is 15.6 Å². The van der Waals surface area contributed by atoms with Crippen molar-refractivity contribution in [3.05, 3.63) is 99.4 Å². The predicted octanol–water partition coefficient (Wildman–Crippen LogP) is 5.39. The maximum atomic E-state index is 13.7. The molecule has 1 fully saturated rings. The molecule has 2 aliphatic rings. The van der Waals surface area contributed by atoms with Gasteiger partial charge in [0.2, 0.25) is 5.76 Å². The Morgan fingerprint density at radius 3 is 2.35 bits per heavy atom. The Kier molecular flexibility index (Phi) is 7.60. The zero-order chi connectivity index (χ0) is 28.6. The number of nitrogens with zero attached hydrogens (tertiary/aromatic N) is 2. The summed E-state index contributed by atoms with van der Waals surface area (Å²) in [7, 11) is 0. The van der Waals surface area contributed by atoms with Crippen LogP contribution in [0.1, 0.15) is 51.0 Å². The minimum Gasteiger partial charge on any atom is -0.457 e. The third-order valence-corrected chi connectivity index (χ3v) is 7.58. The van der Waals surface area contributed by atoms with Crippen LogP contribution < -0.4 is 4.74 Å². The van der Waals surface area contributed by atoms with Gasteiger partial charge in [0.05, 0.1) is 28.1 Å². The Bertz CT molecular complexity index is 1550. The van der Waals surface area contributed by atoms with Gasteiger partial charge >= 0.3 is 5.97 Å².